The SMILES string of the molecule is O=C(O)c1ccc2c(c1)C(CC(=O)N(CCCO)Cc1ccccn1)CCC2. The summed E-state index contributed by atoms with van der Waals surface area (Å²) in [5.41, 5.74) is 3.20. The van der Waals surface area contributed by atoms with E-state index in [9.17, 15) is 19.8 Å². The lowest BCUT2D eigenvalue weighted by molar-refractivity contribution is -0.132. The van der Waals surface area contributed by atoms with Crippen molar-refractivity contribution >= 4 is 11.9 Å². The largest absolute Gasteiger partial charge is 0.478 e. The van der Waals surface area contributed by atoms with Gasteiger partial charge in [-0.05, 0) is 67.0 Å². The van der Waals surface area contributed by atoms with Crippen molar-refractivity contribution in [1.82, 2.24) is 9.88 Å². The molecule has 0 saturated carbocycles. The fourth-order valence-electron chi connectivity index (χ4n) is 3.82. The molecule has 3 rings (SSSR count). The van der Waals surface area contributed by atoms with E-state index in [-0.39, 0.29) is 24.0 Å². The summed E-state index contributed by atoms with van der Waals surface area (Å²) in [5.74, 6) is -0.910. The number of aryl methyl sites for hydroxylation is 1. The van der Waals surface area contributed by atoms with Gasteiger partial charge >= 0.3 is 5.97 Å². The molecular formula is C22H26N2O4. The summed E-state index contributed by atoms with van der Waals surface area (Å²) in [7, 11) is 0. The monoisotopic (exact) mass is 382 g/mol. The average Bonchev–Trinajstić information content (AvgIpc) is 2.71. The molecule has 0 radical (unpaired) electrons. The molecule has 1 aliphatic rings. The number of carboxylic acids is 1. The Morgan fingerprint density at radius 2 is 2.07 bits per heavy atom. The summed E-state index contributed by atoms with van der Waals surface area (Å²) in [6.45, 7) is 0.912. The first-order valence-corrected chi connectivity index (χ1v) is 9.73. The number of aromatic carboxylic acids is 1. The summed E-state index contributed by atoms with van der Waals surface area (Å²) in [6.07, 6.45) is 5.35. The van der Waals surface area contributed by atoms with Crippen LogP contribution in [0.3, 0.4) is 0 Å². The molecule has 1 aliphatic carbocycles. The number of amides is 1. The smallest absolute Gasteiger partial charge is 0.335 e. The minimum absolute atomic E-state index is 0.0117. The van der Waals surface area contributed by atoms with E-state index in [1.165, 1.54) is 0 Å². The number of aromatic nitrogens is 1. The number of fused-ring (bicyclic) bond motifs is 1. The van der Waals surface area contributed by atoms with Crippen LogP contribution in [0.2, 0.25) is 0 Å². The maximum atomic E-state index is 13.1. The van der Waals surface area contributed by atoms with Gasteiger partial charge in [-0.2, -0.15) is 0 Å². The lowest BCUT2D eigenvalue weighted by atomic mass is 9.80. The molecule has 1 aromatic carbocycles. The molecule has 2 aromatic rings. The summed E-state index contributed by atoms with van der Waals surface area (Å²) in [6, 6.07) is 10.9. The third-order valence-corrected chi connectivity index (χ3v) is 5.27. The fraction of sp³-hybridized carbons (Fsp3) is 0.409. The summed E-state index contributed by atoms with van der Waals surface area (Å²) in [4.78, 5) is 30.4. The molecule has 0 fully saturated rings. The predicted octanol–water partition coefficient (Wildman–Crippen LogP) is 3.00. The molecule has 0 aliphatic heterocycles. The van der Waals surface area contributed by atoms with Gasteiger partial charge in [-0.25, -0.2) is 4.79 Å². The van der Waals surface area contributed by atoms with Crippen molar-refractivity contribution in [2.45, 2.75) is 44.6 Å². The van der Waals surface area contributed by atoms with Crippen molar-refractivity contribution in [2.75, 3.05) is 13.2 Å². The number of aliphatic hydroxyl groups excluding tert-OH is 1. The number of hydrogen-bond acceptors (Lipinski definition) is 4. The second-order valence-corrected chi connectivity index (χ2v) is 7.23. The van der Waals surface area contributed by atoms with Gasteiger partial charge in [0.05, 0.1) is 17.8 Å². The molecule has 1 atom stereocenters. The van der Waals surface area contributed by atoms with Gasteiger partial charge in [-0.15, -0.1) is 0 Å². The second-order valence-electron chi connectivity index (χ2n) is 7.23. The Hall–Kier alpha value is -2.73. The van der Waals surface area contributed by atoms with E-state index in [0.29, 0.717) is 25.9 Å². The maximum Gasteiger partial charge on any atom is 0.335 e. The van der Waals surface area contributed by atoms with Gasteiger partial charge in [-0.1, -0.05) is 12.1 Å². The second kappa shape index (κ2) is 9.46. The van der Waals surface area contributed by atoms with Crippen LogP contribution in [0.4, 0.5) is 0 Å². The number of pyridine rings is 1. The highest BCUT2D eigenvalue weighted by Gasteiger charge is 2.26. The van der Waals surface area contributed by atoms with Crippen LogP contribution < -0.4 is 0 Å². The molecule has 1 unspecified atom stereocenters. The number of carbonyl (C=O) groups excluding carboxylic acids is 1. The number of rotatable bonds is 8. The molecule has 1 amide bonds. The summed E-state index contributed by atoms with van der Waals surface area (Å²) < 4.78 is 0. The molecule has 0 spiro atoms. The highest BCUT2D eigenvalue weighted by molar-refractivity contribution is 5.88. The number of aliphatic hydroxyl groups is 1. The highest BCUT2D eigenvalue weighted by atomic mass is 16.4. The molecule has 148 valence electrons. The third-order valence-electron chi connectivity index (χ3n) is 5.27. The van der Waals surface area contributed by atoms with Crippen molar-refractivity contribution in [2.24, 2.45) is 0 Å². The van der Waals surface area contributed by atoms with Gasteiger partial charge in [0, 0.05) is 25.8 Å². The molecule has 0 bridgehead atoms. The van der Waals surface area contributed by atoms with Gasteiger partial charge in [0.25, 0.3) is 0 Å². The number of carboxylic acid groups (broad SMARTS) is 1. The van der Waals surface area contributed by atoms with E-state index in [4.69, 9.17) is 0 Å². The Morgan fingerprint density at radius 3 is 2.79 bits per heavy atom. The van der Waals surface area contributed by atoms with Gasteiger partial charge in [0.2, 0.25) is 5.91 Å². The van der Waals surface area contributed by atoms with Crippen molar-refractivity contribution in [1.29, 1.82) is 0 Å². The zero-order valence-corrected chi connectivity index (χ0v) is 15.9. The van der Waals surface area contributed by atoms with E-state index < -0.39 is 5.97 Å². The van der Waals surface area contributed by atoms with Crippen LogP contribution in [-0.4, -0.2) is 45.1 Å². The van der Waals surface area contributed by atoms with E-state index in [1.54, 1.807) is 23.2 Å². The van der Waals surface area contributed by atoms with Gasteiger partial charge in [-0.3, -0.25) is 9.78 Å². The summed E-state index contributed by atoms with van der Waals surface area (Å²) >= 11 is 0. The van der Waals surface area contributed by atoms with Crippen molar-refractivity contribution in [3.63, 3.8) is 0 Å². The minimum atomic E-state index is -0.946. The number of carbonyl (C=O) groups is 2. The topological polar surface area (TPSA) is 90.7 Å². The van der Waals surface area contributed by atoms with Crippen LogP contribution >= 0.6 is 0 Å². The Bertz CT molecular complexity index is 823. The number of benzene rings is 1. The molecule has 6 heteroatoms. The summed E-state index contributed by atoms with van der Waals surface area (Å²) in [5, 5.41) is 18.5. The van der Waals surface area contributed by atoms with Crippen LogP contribution in [0.15, 0.2) is 42.6 Å². The molecule has 6 nitrogen and oxygen atoms in total. The Balaban J connectivity index is 1.76. The van der Waals surface area contributed by atoms with Crippen LogP contribution in [0.25, 0.3) is 0 Å². The Morgan fingerprint density at radius 1 is 1.21 bits per heavy atom. The van der Waals surface area contributed by atoms with Crippen molar-refractivity contribution in [3.8, 4) is 0 Å². The zero-order chi connectivity index (χ0) is 19.9. The average molecular weight is 382 g/mol. The van der Waals surface area contributed by atoms with Crippen molar-refractivity contribution < 1.29 is 19.8 Å². The molecule has 28 heavy (non-hydrogen) atoms. The van der Waals surface area contributed by atoms with Crippen LogP contribution in [0, 0.1) is 0 Å². The zero-order valence-electron chi connectivity index (χ0n) is 15.9. The van der Waals surface area contributed by atoms with E-state index in [2.05, 4.69) is 4.98 Å². The third kappa shape index (κ3) is 4.95. The lowest BCUT2D eigenvalue weighted by Gasteiger charge is -2.29. The minimum Gasteiger partial charge on any atom is -0.478 e. The van der Waals surface area contributed by atoms with Gasteiger partial charge in [0.1, 0.15) is 0 Å². The van der Waals surface area contributed by atoms with Gasteiger partial charge < -0.3 is 15.1 Å². The first-order chi connectivity index (χ1) is 13.6. The number of nitrogens with zero attached hydrogens (tertiary/aromatic N) is 2. The van der Waals surface area contributed by atoms with Gasteiger partial charge in [0.15, 0.2) is 0 Å². The first-order valence-electron chi connectivity index (χ1n) is 9.73. The highest BCUT2D eigenvalue weighted by Crippen LogP contribution is 2.35. The molecule has 0 saturated heterocycles. The number of hydrogen-bond donors (Lipinski definition) is 2. The molecule has 1 heterocycles. The Kier molecular flexibility index (Phi) is 6.76. The maximum absolute atomic E-state index is 13.1. The lowest BCUT2D eigenvalue weighted by Crippen LogP contribution is -2.33. The van der Waals surface area contributed by atoms with Crippen LogP contribution in [-0.2, 0) is 17.8 Å². The molecule has 2 N–H and O–H groups in total. The van der Waals surface area contributed by atoms with E-state index in [0.717, 1.165) is 36.1 Å². The molecular weight excluding hydrogens is 356 g/mol. The predicted molar refractivity (Wildman–Crippen MR) is 105 cm³/mol. The normalized spacial score (nSPS) is 15.7. The standard InChI is InChI=1S/C22H26N2O4/c25-12-4-11-24(15-19-7-1-2-10-23-19)21(26)14-17-6-3-5-16-8-9-18(22(27)28)13-20(16)17/h1-2,7-10,13,17,25H,3-6,11-12,14-15H2,(H,27,28). The Labute approximate surface area is 164 Å². The van der Waals surface area contributed by atoms with E-state index >= 15 is 0 Å². The molecule has 1 aromatic heterocycles. The quantitative estimate of drug-likeness (QED) is 0.732. The fourth-order valence-corrected chi connectivity index (χ4v) is 3.82. The van der Waals surface area contributed by atoms with Crippen molar-refractivity contribution in [3.05, 3.63) is 65.0 Å². The van der Waals surface area contributed by atoms with Crippen LogP contribution in [0.1, 0.15) is 58.8 Å². The van der Waals surface area contributed by atoms with Crippen LogP contribution in [0.5, 0.6) is 0 Å². The van der Waals surface area contributed by atoms with E-state index in [1.807, 2.05) is 24.3 Å². The first kappa shape index (κ1) is 20.0.